The van der Waals surface area contributed by atoms with Gasteiger partial charge in [-0.3, -0.25) is 0 Å². The van der Waals surface area contributed by atoms with E-state index in [0.717, 1.165) is 42.2 Å². The van der Waals surface area contributed by atoms with E-state index in [0.29, 0.717) is 0 Å². The summed E-state index contributed by atoms with van der Waals surface area (Å²) in [6.45, 7) is 3.64. The third kappa shape index (κ3) is 2.94. The average Bonchev–Trinajstić information content (AvgIpc) is 2.49. The molecule has 1 heterocycles. The number of anilines is 2. The van der Waals surface area contributed by atoms with Gasteiger partial charge in [-0.25, -0.2) is 4.39 Å². The van der Waals surface area contributed by atoms with E-state index in [9.17, 15) is 4.39 Å². The van der Waals surface area contributed by atoms with Crippen molar-refractivity contribution in [1.29, 1.82) is 0 Å². The number of benzene rings is 2. The Balaban J connectivity index is 1.90. The summed E-state index contributed by atoms with van der Waals surface area (Å²) in [6.07, 6.45) is 1.12. The van der Waals surface area contributed by atoms with Crippen LogP contribution in [0, 0.1) is 5.82 Å². The zero-order valence-corrected chi connectivity index (χ0v) is 12.1. The van der Waals surface area contributed by atoms with Crippen molar-refractivity contribution in [1.82, 2.24) is 0 Å². The molecule has 3 nitrogen and oxygen atoms in total. The van der Waals surface area contributed by atoms with Crippen molar-refractivity contribution >= 4 is 11.4 Å². The van der Waals surface area contributed by atoms with Crippen LogP contribution in [0.2, 0.25) is 0 Å². The molecule has 1 aliphatic rings. The Labute approximate surface area is 124 Å². The van der Waals surface area contributed by atoms with Gasteiger partial charge in [0, 0.05) is 12.2 Å². The first-order valence-electron chi connectivity index (χ1n) is 7.21. The second-order valence-electron chi connectivity index (χ2n) is 5.38. The summed E-state index contributed by atoms with van der Waals surface area (Å²) in [6, 6.07) is 12.3. The minimum atomic E-state index is -0.211. The van der Waals surface area contributed by atoms with Gasteiger partial charge in [0.1, 0.15) is 17.7 Å². The molecule has 0 aliphatic carbocycles. The Morgan fingerprint density at radius 1 is 1.24 bits per heavy atom. The van der Waals surface area contributed by atoms with E-state index in [1.165, 1.54) is 12.1 Å². The Hall–Kier alpha value is -2.23. The molecular formula is C17H19FN2O. The van der Waals surface area contributed by atoms with Gasteiger partial charge in [0.15, 0.2) is 0 Å². The standard InChI is InChI=1S/C17H19FN2O/c1-2-15-11-20(10-12-3-5-13(18)6-4-12)16-9-14(19)7-8-17(16)21-15/h3-9,15H,2,10-11,19H2,1H3. The SMILES string of the molecule is CCC1CN(Cc2ccc(F)cc2)c2cc(N)ccc2O1. The van der Waals surface area contributed by atoms with Gasteiger partial charge >= 0.3 is 0 Å². The molecule has 3 rings (SSSR count). The molecule has 110 valence electrons. The van der Waals surface area contributed by atoms with Crippen LogP contribution < -0.4 is 15.4 Å². The average molecular weight is 286 g/mol. The van der Waals surface area contributed by atoms with Crippen molar-refractivity contribution in [2.45, 2.75) is 26.0 Å². The van der Waals surface area contributed by atoms with Crippen LogP contribution in [0.1, 0.15) is 18.9 Å². The molecule has 0 saturated heterocycles. The Kier molecular flexibility index (Phi) is 3.69. The van der Waals surface area contributed by atoms with Crippen LogP contribution >= 0.6 is 0 Å². The van der Waals surface area contributed by atoms with Crippen molar-refractivity contribution in [3.05, 3.63) is 53.8 Å². The van der Waals surface area contributed by atoms with Crippen LogP contribution in [0.3, 0.4) is 0 Å². The van der Waals surface area contributed by atoms with Crippen LogP contribution in [0.5, 0.6) is 5.75 Å². The smallest absolute Gasteiger partial charge is 0.143 e. The highest BCUT2D eigenvalue weighted by Crippen LogP contribution is 2.36. The van der Waals surface area contributed by atoms with Gasteiger partial charge in [-0.15, -0.1) is 0 Å². The molecule has 0 amide bonds. The number of nitrogens with two attached hydrogens (primary N) is 1. The van der Waals surface area contributed by atoms with Crippen molar-refractivity contribution in [2.75, 3.05) is 17.2 Å². The predicted molar refractivity (Wildman–Crippen MR) is 83.0 cm³/mol. The minimum absolute atomic E-state index is 0.168. The molecule has 1 atom stereocenters. The fourth-order valence-corrected chi connectivity index (χ4v) is 2.61. The Morgan fingerprint density at radius 2 is 2.00 bits per heavy atom. The minimum Gasteiger partial charge on any atom is -0.486 e. The highest BCUT2D eigenvalue weighted by Gasteiger charge is 2.24. The van der Waals surface area contributed by atoms with Crippen LogP contribution in [0.15, 0.2) is 42.5 Å². The van der Waals surface area contributed by atoms with E-state index in [1.54, 1.807) is 0 Å². The molecule has 2 aromatic rings. The molecule has 2 N–H and O–H groups in total. The molecule has 0 radical (unpaired) electrons. The van der Waals surface area contributed by atoms with Crippen molar-refractivity contribution in [3.63, 3.8) is 0 Å². The normalized spacial score (nSPS) is 17.2. The lowest BCUT2D eigenvalue weighted by atomic mass is 10.1. The molecule has 1 aliphatic heterocycles. The number of fused-ring (bicyclic) bond motifs is 1. The summed E-state index contributed by atoms with van der Waals surface area (Å²) in [7, 11) is 0. The van der Waals surface area contributed by atoms with Gasteiger partial charge in [0.2, 0.25) is 0 Å². The summed E-state index contributed by atoms with van der Waals surface area (Å²) in [5.74, 6) is 0.654. The maximum atomic E-state index is 13.0. The maximum Gasteiger partial charge on any atom is 0.143 e. The lowest BCUT2D eigenvalue weighted by Gasteiger charge is -2.36. The quantitative estimate of drug-likeness (QED) is 0.876. The first-order chi connectivity index (χ1) is 10.2. The van der Waals surface area contributed by atoms with Crippen LogP contribution in [-0.2, 0) is 6.54 Å². The van der Waals surface area contributed by atoms with Crippen molar-refractivity contribution in [2.24, 2.45) is 0 Å². The first kappa shape index (κ1) is 13.7. The number of nitrogens with zero attached hydrogens (tertiary/aromatic N) is 1. The van der Waals surface area contributed by atoms with E-state index < -0.39 is 0 Å². The molecular weight excluding hydrogens is 267 g/mol. The number of rotatable bonds is 3. The van der Waals surface area contributed by atoms with Crippen LogP contribution in [-0.4, -0.2) is 12.6 Å². The van der Waals surface area contributed by atoms with Gasteiger partial charge < -0.3 is 15.4 Å². The molecule has 4 heteroatoms. The predicted octanol–water partition coefficient (Wildman–Crippen LogP) is 3.59. The number of hydrogen-bond donors (Lipinski definition) is 1. The fourth-order valence-electron chi connectivity index (χ4n) is 2.61. The number of halogens is 1. The lowest BCUT2D eigenvalue weighted by molar-refractivity contribution is 0.188. The van der Waals surface area contributed by atoms with E-state index in [-0.39, 0.29) is 11.9 Å². The molecule has 0 spiro atoms. The third-order valence-electron chi connectivity index (χ3n) is 3.78. The second kappa shape index (κ2) is 5.64. The first-order valence-corrected chi connectivity index (χ1v) is 7.21. The molecule has 0 fully saturated rings. The number of ether oxygens (including phenoxy) is 1. The molecule has 2 aromatic carbocycles. The molecule has 0 saturated carbocycles. The second-order valence-corrected chi connectivity index (χ2v) is 5.38. The van der Waals surface area contributed by atoms with E-state index >= 15 is 0 Å². The van der Waals surface area contributed by atoms with Gasteiger partial charge in [-0.05, 0) is 42.3 Å². The lowest BCUT2D eigenvalue weighted by Crippen LogP contribution is -2.39. The summed E-state index contributed by atoms with van der Waals surface area (Å²) >= 11 is 0. The summed E-state index contributed by atoms with van der Waals surface area (Å²) in [4.78, 5) is 2.25. The summed E-state index contributed by atoms with van der Waals surface area (Å²) in [5.41, 5.74) is 8.69. The van der Waals surface area contributed by atoms with E-state index in [2.05, 4.69) is 11.8 Å². The Morgan fingerprint density at radius 3 is 2.71 bits per heavy atom. The maximum absolute atomic E-state index is 13.0. The summed E-state index contributed by atoms with van der Waals surface area (Å²) in [5, 5.41) is 0. The van der Waals surface area contributed by atoms with Crippen molar-refractivity contribution < 1.29 is 9.13 Å². The van der Waals surface area contributed by atoms with Gasteiger partial charge in [0.25, 0.3) is 0 Å². The number of nitrogen functional groups attached to an aromatic ring is 1. The highest BCUT2D eigenvalue weighted by molar-refractivity contribution is 5.66. The van der Waals surface area contributed by atoms with Crippen molar-refractivity contribution in [3.8, 4) is 5.75 Å². The Bertz CT molecular complexity index is 627. The third-order valence-corrected chi connectivity index (χ3v) is 3.78. The highest BCUT2D eigenvalue weighted by atomic mass is 19.1. The van der Waals surface area contributed by atoms with Crippen LogP contribution in [0.25, 0.3) is 0 Å². The fraction of sp³-hybridized carbons (Fsp3) is 0.294. The van der Waals surface area contributed by atoms with E-state index in [1.807, 2.05) is 30.3 Å². The molecule has 1 unspecified atom stereocenters. The monoisotopic (exact) mass is 286 g/mol. The zero-order valence-electron chi connectivity index (χ0n) is 12.1. The largest absolute Gasteiger partial charge is 0.486 e. The van der Waals surface area contributed by atoms with E-state index in [4.69, 9.17) is 10.5 Å². The zero-order chi connectivity index (χ0) is 14.8. The summed E-state index contributed by atoms with van der Waals surface area (Å²) < 4.78 is 19.0. The van der Waals surface area contributed by atoms with Gasteiger partial charge in [0.05, 0.1) is 12.2 Å². The molecule has 0 bridgehead atoms. The topological polar surface area (TPSA) is 38.5 Å². The van der Waals surface area contributed by atoms with Crippen LogP contribution in [0.4, 0.5) is 15.8 Å². The molecule has 0 aromatic heterocycles. The number of hydrogen-bond acceptors (Lipinski definition) is 3. The molecule has 21 heavy (non-hydrogen) atoms. The van der Waals surface area contributed by atoms with Gasteiger partial charge in [-0.1, -0.05) is 19.1 Å². The van der Waals surface area contributed by atoms with Gasteiger partial charge in [-0.2, -0.15) is 0 Å².